The molecule has 2 aromatic rings. The van der Waals surface area contributed by atoms with Gasteiger partial charge in [-0.05, 0) is 24.3 Å². The molecule has 12 nitrogen and oxygen atoms in total. The van der Waals surface area contributed by atoms with Crippen molar-refractivity contribution < 1.29 is 49.2 Å². The highest BCUT2D eigenvalue weighted by Gasteiger charge is 2.26. The van der Waals surface area contributed by atoms with Crippen molar-refractivity contribution in [2.75, 3.05) is 0 Å². The largest absolute Gasteiger partial charge is 0.481 e. The third-order valence-electron chi connectivity index (χ3n) is 4.45. The van der Waals surface area contributed by atoms with Crippen LogP contribution in [0, 0.1) is 0 Å². The maximum atomic E-state index is 12.7. The number of nitrogens with one attached hydrogen (secondary N) is 2. The molecule has 36 heavy (non-hydrogen) atoms. The second kappa shape index (κ2) is 13.2. The molecule has 2 atom stereocenters. The van der Waals surface area contributed by atoms with Crippen LogP contribution in [0.25, 0.3) is 0 Å². The number of carboxylic acids is 4. The lowest BCUT2D eigenvalue weighted by molar-refractivity contribution is -0.145. The number of amides is 2. The molecule has 0 aliphatic heterocycles. The molecule has 0 saturated heterocycles. The van der Waals surface area contributed by atoms with Crippen molar-refractivity contribution in [1.29, 1.82) is 0 Å². The Bertz CT molecular complexity index is 1100. The van der Waals surface area contributed by atoms with Crippen molar-refractivity contribution >= 4 is 57.3 Å². The highest BCUT2D eigenvalue weighted by molar-refractivity contribution is 8.76. The first-order valence-corrected chi connectivity index (χ1v) is 12.2. The summed E-state index contributed by atoms with van der Waals surface area (Å²) in [5.74, 6) is -7.43. The SMILES string of the molecule is O=C(O)C[C@H](NC(=O)c1ccccc1SSc1ccccc1C(=O)N[C@@H](CC(=O)O)C(=O)O)C(=O)O. The topological polar surface area (TPSA) is 207 Å². The third kappa shape index (κ3) is 8.32. The van der Waals surface area contributed by atoms with Crippen LogP contribution in [0.2, 0.25) is 0 Å². The quantitative estimate of drug-likeness (QED) is 0.203. The first kappa shape index (κ1) is 28.2. The Morgan fingerprint density at radius 3 is 1.25 bits per heavy atom. The minimum Gasteiger partial charge on any atom is -0.481 e. The van der Waals surface area contributed by atoms with Gasteiger partial charge in [0.25, 0.3) is 11.8 Å². The van der Waals surface area contributed by atoms with Crippen molar-refractivity contribution in [2.45, 2.75) is 34.7 Å². The van der Waals surface area contributed by atoms with E-state index in [1.165, 1.54) is 24.3 Å². The highest BCUT2D eigenvalue weighted by Crippen LogP contribution is 2.40. The number of benzene rings is 2. The summed E-state index contributed by atoms with van der Waals surface area (Å²) < 4.78 is 0. The zero-order valence-corrected chi connectivity index (χ0v) is 19.9. The van der Waals surface area contributed by atoms with Gasteiger partial charge in [0, 0.05) is 9.79 Å². The monoisotopic (exact) mass is 536 g/mol. The van der Waals surface area contributed by atoms with E-state index in [1.807, 2.05) is 0 Å². The minimum absolute atomic E-state index is 0.0703. The van der Waals surface area contributed by atoms with Crippen molar-refractivity contribution in [1.82, 2.24) is 10.6 Å². The predicted octanol–water partition coefficient (Wildman–Crippen LogP) is 1.80. The van der Waals surface area contributed by atoms with Crippen molar-refractivity contribution in [3.05, 3.63) is 59.7 Å². The maximum Gasteiger partial charge on any atom is 0.326 e. The van der Waals surface area contributed by atoms with E-state index in [2.05, 4.69) is 10.6 Å². The first-order valence-electron chi connectivity index (χ1n) is 10.0. The Morgan fingerprint density at radius 1 is 0.611 bits per heavy atom. The smallest absolute Gasteiger partial charge is 0.326 e. The second-order valence-corrected chi connectivity index (χ2v) is 9.30. The van der Waals surface area contributed by atoms with Crippen molar-refractivity contribution in [2.24, 2.45) is 0 Å². The van der Waals surface area contributed by atoms with Crippen molar-refractivity contribution in [3.63, 3.8) is 0 Å². The number of aliphatic carboxylic acids is 4. The summed E-state index contributed by atoms with van der Waals surface area (Å²) in [5.41, 5.74) is 0.141. The molecule has 0 aromatic heterocycles. The molecule has 14 heteroatoms. The molecule has 0 radical (unpaired) electrons. The summed E-state index contributed by atoms with van der Waals surface area (Å²) in [5, 5.41) is 40.4. The van der Waals surface area contributed by atoms with Crippen LogP contribution in [0.15, 0.2) is 58.3 Å². The standard InChI is InChI=1S/C22H20N2O10S2/c25-17(26)9-13(21(31)32)23-19(29)11-5-1-3-7-15(11)35-36-16-8-4-2-6-12(16)20(30)24-14(22(33)34)10-18(27)28/h1-8,13-14H,9-10H2,(H,23,29)(H,24,30)(H,25,26)(H,27,28)(H,31,32)(H,33,34)/t13-,14-/m0/s1. The van der Waals surface area contributed by atoms with Gasteiger partial charge in [0.2, 0.25) is 0 Å². The number of hydrogen-bond acceptors (Lipinski definition) is 8. The van der Waals surface area contributed by atoms with Crippen LogP contribution < -0.4 is 10.6 Å². The average molecular weight is 537 g/mol. The molecule has 0 unspecified atom stereocenters. The molecule has 0 aliphatic rings. The van der Waals surface area contributed by atoms with Gasteiger partial charge in [-0.25, -0.2) is 9.59 Å². The van der Waals surface area contributed by atoms with Gasteiger partial charge in [-0.15, -0.1) is 0 Å². The van der Waals surface area contributed by atoms with Gasteiger partial charge < -0.3 is 31.1 Å². The second-order valence-electron chi connectivity index (χ2n) is 7.08. The molecular weight excluding hydrogens is 516 g/mol. The lowest BCUT2D eigenvalue weighted by atomic mass is 10.1. The Kier molecular flexibility index (Phi) is 10.3. The fourth-order valence-corrected chi connectivity index (χ4v) is 5.12. The Labute approximate surface area is 211 Å². The molecule has 190 valence electrons. The Morgan fingerprint density at radius 2 is 0.944 bits per heavy atom. The number of carboxylic acid groups (broad SMARTS) is 4. The molecule has 2 rings (SSSR count). The fraction of sp³-hybridized carbons (Fsp3) is 0.182. The zero-order chi connectivity index (χ0) is 26.8. The van der Waals surface area contributed by atoms with E-state index >= 15 is 0 Å². The van der Waals surface area contributed by atoms with Crippen molar-refractivity contribution in [3.8, 4) is 0 Å². The molecule has 6 N–H and O–H groups in total. The van der Waals surface area contributed by atoms with E-state index in [4.69, 9.17) is 10.2 Å². The van der Waals surface area contributed by atoms with Crippen LogP contribution in [-0.4, -0.2) is 68.2 Å². The molecule has 2 aromatic carbocycles. The lowest BCUT2D eigenvalue weighted by Crippen LogP contribution is -2.42. The fourth-order valence-electron chi connectivity index (χ4n) is 2.76. The summed E-state index contributed by atoms with van der Waals surface area (Å²) in [7, 11) is 2.09. The van der Waals surface area contributed by atoms with Gasteiger partial charge in [-0.3, -0.25) is 19.2 Å². The molecule has 0 fully saturated rings. The summed E-state index contributed by atoms with van der Waals surface area (Å²) >= 11 is 0. The number of carbonyl (C=O) groups excluding carboxylic acids is 2. The van der Waals surface area contributed by atoms with Gasteiger partial charge in [0.05, 0.1) is 24.0 Å². The number of rotatable bonds is 13. The van der Waals surface area contributed by atoms with E-state index < -0.39 is 60.6 Å². The van der Waals surface area contributed by atoms with Crippen LogP contribution in [0.4, 0.5) is 0 Å². The average Bonchev–Trinajstić information content (AvgIpc) is 2.81. The van der Waals surface area contributed by atoms with Crippen LogP contribution in [0.1, 0.15) is 33.6 Å². The molecule has 0 heterocycles. The lowest BCUT2D eigenvalue weighted by Gasteiger charge is -2.15. The van der Waals surface area contributed by atoms with Gasteiger partial charge in [-0.2, -0.15) is 0 Å². The molecule has 0 aliphatic carbocycles. The molecule has 0 spiro atoms. The molecule has 0 saturated carbocycles. The summed E-state index contributed by atoms with van der Waals surface area (Å²) in [6, 6.07) is 8.99. The molecule has 2 amide bonds. The molecular formula is C22H20N2O10S2. The van der Waals surface area contributed by atoms with Crippen LogP contribution in [-0.2, 0) is 19.2 Å². The van der Waals surface area contributed by atoms with Gasteiger partial charge >= 0.3 is 23.9 Å². The van der Waals surface area contributed by atoms with E-state index in [-0.39, 0.29) is 11.1 Å². The summed E-state index contributed by atoms with van der Waals surface area (Å²) in [6.45, 7) is 0. The maximum absolute atomic E-state index is 12.7. The summed E-state index contributed by atoms with van der Waals surface area (Å²) in [6.07, 6.45) is -1.63. The predicted molar refractivity (Wildman–Crippen MR) is 127 cm³/mol. The van der Waals surface area contributed by atoms with E-state index in [9.17, 15) is 39.0 Å². The normalized spacial score (nSPS) is 12.1. The highest BCUT2D eigenvalue weighted by atomic mass is 33.1. The first-order chi connectivity index (χ1) is 17.0. The van der Waals surface area contributed by atoms with Crippen LogP contribution in [0.3, 0.4) is 0 Å². The minimum atomic E-state index is -1.64. The Hall–Kier alpha value is -4.04. The van der Waals surface area contributed by atoms with Gasteiger partial charge in [0.1, 0.15) is 12.1 Å². The van der Waals surface area contributed by atoms with E-state index in [0.29, 0.717) is 9.79 Å². The van der Waals surface area contributed by atoms with Crippen LogP contribution >= 0.6 is 21.6 Å². The molecule has 0 bridgehead atoms. The van der Waals surface area contributed by atoms with Gasteiger partial charge in [0.15, 0.2) is 0 Å². The zero-order valence-electron chi connectivity index (χ0n) is 18.2. The number of carbonyl (C=O) groups is 6. The Balaban J connectivity index is 2.20. The van der Waals surface area contributed by atoms with Gasteiger partial charge in [-0.1, -0.05) is 45.9 Å². The number of hydrogen-bond donors (Lipinski definition) is 6. The summed E-state index contributed by atoms with van der Waals surface area (Å²) in [4.78, 5) is 70.4. The third-order valence-corrected chi connectivity index (χ3v) is 6.93. The van der Waals surface area contributed by atoms with E-state index in [1.54, 1.807) is 24.3 Å². The van der Waals surface area contributed by atoms with Crippen LogP contribution in [0.5, 0.6) is 0 Å². The van der Waals surface area contributed by atoms with E-state index in [0.717, 1.165) is 21.6 Å².